The van der Waals surface area contributed by atoms with E-state index in [0.29, 0.717) is 44.9 Å². The van der Waals surface area contributed by atoms with Crippen LogP contribution in [0.25, 0.3) is 0 Å². The Hall–Kier alpha value is -3.94. The van der Waals surface area contributed by atoms with Crippen LogP contribution in [-0.2, 0) is 16.1 Å². The van der Waals surface area contributed by atoms with Gasteiger partial charge in [-0.3, -0.25) is 14.6 Å². The van der Waals surface area contributed by atoms with Gasteiger partial charge in [-0.2, -0.15) is 23.1 Å². The van der Waals surface area contributed by atoms with Crippen LogP contribution >= 0.6 is 0 Å². The van der Waals surface area contributed by atoms with Gasteiger partial charge in [-0.15, -0.1) is 0 Å². The monoisotopic (exact) mass is 669 g/mol. The van der Waals surface area contributed by atoms with E-state index in [1.54, 1.807) is 6.92 Å². The maximum Gasteiger partial charge on any atom is 0.422 e. The van der Waals surface area contributed by atoms with Gasteiger partial charge in [0.05, 0.1) is 19.3 Å². The highest BCUT2D eigenvalue weighted by molar-refractivity contribution is 5.81. The molecule has 1 aromatic heterocycles. The van der Waals surface area contributed by atoms with Crippen molar-refractivity contribution in [1.82, 2.24) is 24.7 Å². The number of hydrogen-bond acceptors (Lipinski definition) is 9. The fourth-order valence-electron chi connectivity index (χ4n) is 7.19. The van der Waals surface area contributed by atoms with Crippen molar-refractivity contribution in [2.24, 2.45) is 0 Å². The van der Waals surface area contributed by atoms with Gasteiger partial charge in [-0.05, 0) is 30.9 Å². The number of methoxy groups -OCH3 is 1. The quantitative estimate of drug-likeness (QED) is 0.292. The summed E-state index contributed by atoms with van der Waals surface area (Å²) in [5.74, 6) is -0.139. The Morgan fingerprint density at radius 3 is 2.25 bits per heavy atom. The summed E-state index contributed by atoms with van der Waals surface area (Å²) >= 11 is 0. The number of piperazine rings is 2. The van der Waals surface area contributed by atoms with E-state index in [4.69, 9.17) is 18.9 Å². The minimum atomic E-state index is -4.57. The highest BCUT2D eigenvalue weighted by atomic mass is 19.4. The van der Waals surface area contributed by atoms with Crippen molar-refractivity contribution in [3.63, 3.8) is 0 Å². The molecule has 0 unspecified atom stereocenters. The number of rotatable bonds is 11. The average molecular weight is 670 g/mol. The van der Waals surface area contributed by atoms with Gasteiger partial charge in [0.1, 0.15) is 6.10 Å². The Kier molecular flexibility index (Phi) is 10.7. The van der Waals surface area contributed by atoms with Gasteiger partial charge < -0.3 is 23.8 Å². The highest BCUT2D eigenvalue weighted by Gasteiger charge is 2.44. The van der Waals surface area contributed by atoms with E-state index in [-0.39, 0.29) is 54.8 Å². The van der Waals surface area contributed by atoms with Gasteiger partial charge >= 0.3 is 12.2 Å². The second-order valence-corrected chi connectivity index (χ2v) is 12.4. The summed E-state index contributed by atoms with van der Waals surface area (Å²) in [6.45, 7) is 4.12. The van der Waals surface area contributed by atoms with Gasteiger partial charge in [0.2, 0.25) is 11.8 Å². The molecule has 0 aliphatic carbocycles. The first-order chi connectivity index (χ1) is 23.2. The molecule has 0 saturated carbocycles. The second-order valence-electron chi connectivity index (χ2n) is 12.4. The van der Waals surface area contributed by atoms with Gasteiger partial charge in [-0.25, -0.2) is 0 Å². The van der Waals surface area contributed by atoms with E-state index in [2.05, 4.69) is 44.0 Å². The number of ether oxygens (including phenoxy) is 4. The SMILES string of the molecule is CCOc1nc(OC)c(CN2C[C@@H]3CN(C(=O)[C@H]4CCCO4)CCN3[C@H](C(c3ccccc3)c3ccccc3)C2)c(OCC(F)(F)F)n1. The van der Waals surface area contributed by atoms with E-state index >= 15 is 0 Å². The highest BCUT2D eigenvalue weighted by Crippen LogP contribution is 2.38. The third-order valence-corrected chi connectivity index (χ3v) is 9.22. The maximum atomic E-state index is 13.5. The van der Waals surface area contributed by atoms with E-state index in [1.165, 1.54) is 7.11 Å². The summed E-state index contributed by atoms with van der Waals surface area (Å²) in [6.07, 6.45) is -3.39. The van der Waals surface area contributed by atoms with Crippen molar-refractivity contribution in [2.45, 2.75) is 56.6 Å². The predicted molar refractivity (Wildman–Crippen MR) is 171 cm³/mol. The summed E-state index contributed by atoms with van der Waals surface area (Å²) in [6, 6.07) is 20.5. The van der Waals surface area contributed by atoms with Crippen LogP contribution in [-0.4, -0.2) is 115 Å². The summed E-state index contributed by atoms with van der Waals surface area (Å²) < 4.78 is 62.0. The van der Waals surface area contributed by atoms with Crippen LogP contribution < -0.4 is 14.2 Å². The largest absolute Gasteiger partial charge is 0.481 e. The molecule has 3 aliphatic heterocycles. The lowest BCUT2D eigenvalue weighted by Gasteiger charge is -2.53. The third kappa shape index (κ3) is 7.85. The van der Waals surface area contributed by atoms with Gasteiger partial charge in [0.15, 0.2) is 6.61 Å². The molecule has 4 heterocycles. The minimum absolute atomic E-state index is 0.0162. The van der Waals surface area contributed by atoms with Crippen molar-refractivity contribution in [3.8, 4) is 17.8 Å². The van der Waals surface area contributed by atoms with Crippen LogP contribution in [0.2, 0.25) is 0 Å². The molecule has 0 bridgehead atoms. The molecular weight excluding hydrogens is 627 g/mol. The van der Waals surface area contributed by atoms with Crippen molar-refractivity contribution in [3.05, 3.63) is 77.4 Å². The Balaban J connectivity index is 1.36. The number of aromatic nitrogens is 2. The normalized spacial score (nSPS) is 22.0. The molecule has 0 spiro atoms. The first-order valence-electron chi connectivity index (χ1n) is 16.5. The summed E-state index contributed by atoms with van der Waals surface area (Å²) in [5, 5.41) is 0. The van der Waals surface area contributed by atoms with Crippen molar-refractivity contribution in [2.75, 3.05) is 59.7 Å². The number of benzene rings is 2. The van der Waals surface area contributed by atoms with Gasteiger partial charge in [0, 0.05) is 63.9 Å². The summed E-state index contributed by atoms with van der Waals surface area (Å²) in [4.78, 5) is 28.6. The zero-order valence-corrected chi connectivity index (χ0v) is 27.3. The standard InChI is InChI=1S/C35H42F3N5O5/c1-3-46-34-39-31(45-2)27(32(40-34)48-23-35(36,37)38)21-41-19-26-20-42(33(44)29-15-10-18-47-29)16-17-43(26)28(22-41)30(24-11-6-4-7-12-24)25-13-8-5-9-14-25/h4-9,11-14,26,28-30H,3,10,15-23H2,1-2H3/t26-,28+,29-/m1/s1. The van der Waals surface area contributed by atoms with E-state index < -0.39 is 18.9 Å². The lowest BCUT2D eigenvalue weighted by molar-refractivity contribution is -0.154. The lowest BCUT2D eigenvalue weighted by Crippen LogP contribution is -2.67. The zero-order chi connectivity index (χ0) is 33.7. The average Bonchev–Trinajstić information content (AvgIpc) is 3.64. The number of nitrogens with zero attached hydrogens (tertiary/aromatic N) is 5. The first-order valence-corrected chi connectivity index (χ1v) is 16.5. The van der Waals surface area contributed by atoms with Gasteiger partial charge in [-0.1, -0.05) is 60.7 Å². The van der Waals surface area contributed by atoms with Crippen LogP contribution in [0.1, 0.15) is 42.4 Å². The Morgan fingerprint density at radius 1 is 0.958 bits per heavy atom. The smallest absolute Gasteiger partial charge is 0.422 e. The van der Waals surface area contributed by atoms with Crippen LogP contribution in [0.3, 0.4) is 0 Å². The molecule has 1 amide bonds. The summed E-state index contributed by atoms with van der Waals surface area (Å²) in [5.41, 5.74) is 2.61. The number of hydrogen-bond donors (Lipinski definition) is 0. The molecule has 2 aromatic carbocycles. The molecule has 258 valence electrons. The molecule has 48 heavy (non-hydrogen) atoms. The molecule has 3 fully saturated rings. The number of carbonyl (C=O) groups excluding carboxylic acids is 1. The fraction of sp³-hybridized carbons (Fsp3) is 0.514. The maximum absolute atomic E-state index is 13.5. The molecule has 0 radical (unpaired) electrons. The Morgan fingerprint density at radius 2 is 1.65 bits per heavy atom. The van der Waals surface area contributed by atoms with Crippen LogP contribution in [0, 0.1) is 0 Å². The van der Waals surface area contributed by atoms with Crippen molar-refractivity contribution >= 4 is 5.91 Å². The summed E-state index contributed by atoms with van der Waals surface area (Å²) in [7, 11) is 1.41. The van der Waals surface area contributed by atoms with Crippen molar-refractivity contribution < 1.29 is 36.9 Å². The lowest BCUT2D eigenvalue weighted by atomic mass is 9.81. The third-order valence-electron chi connectivity index (χ3n) is 9.22. The van der Waals surface area contributed by atoms with Crippen molar-refractivity contribution in [1.29, 1.82) is 0 Å². The number of amides is 1. The molecular formula is C35H42F3N5O5. The molecule has 3 aliphatic rings. The molecule has 3 saturated heterocycles. The second kappa shape index (κ2) is 15.1. The number of carbonyl (C=O) groups is 1. The first kappa shape index (κ1) is 33.9. The molecule has 13 heteroatoms. The number of fused-ring (bicyclic) bond motifs is 1. The molecule has 10 nitrogen and oxygen atoms in total. The number of alkyl halides is 3. The van der Waals surface area contributed by atoms with E-state index in [0.717, 1.165) is 24.0 Å². The number of halogens is 3. The fourth-order valence-corrected chi connectivity index (χ4v) is 7.19. The molecule has 0 N–H and O–H groups in total. The van der Waals surface area contributed by atoms with Crippen LogP contribution in [0.5, 0.6) is 17.8 Å². The zero-order valence-electron chi connectivity index (χ0n) is 27.3. The minimum Gasteiger partial charge on any atom is -0.481 e. The van der Waals surface area contributed by atoms with Crippen LogP contribution in [0.15, 0.2) is 60.7 Å². The molecule has 3 atom stereocenters. The van der Waals surface area contributed by atoms with E-state index in [9.17, 15) is 18.0 Å². The van der Waals surface area contributed by atoms with E-state index in [1.807, 2.05) is 41.3 Å². The predicted octanol–water partition coefficient (Wildman–Crippen LogP) is 4.53. The van der Waals surface area contributed by atoms with Gasteiger partial charge in [0.25, 0.3) is 5.91 Å². The Labute approximate surface area is 278 Å². The van der Waals surface area contributed by atoms with Crippen LogP contribution in [0.4, 0.5) is 13.2 Å². The topological polar surface area (TPSA) is 89.5 Å². The molecule has 6 rings (SSSR count). The Bertz CT molecular complexity index is 1470. The molecule has 3 aromatic rings.